The molecule has 0 radical (unpaired) electrons. The van der Waals surface area contributed by atoms with Gasteiger partial charge in [-0.1, -0.05) is 0 Å². The molecule has 2 unspecified atom stereocenters. The third kappa shape index (κ3) is 3.14. The molecule has 2 saturated heterocycles. The smallest absolute Gasteiger partial charge is 0.325 e. The van der Waals surface area contributed by atoms with E-state index in [1.807, 2.05) is 0 Å². The highest BCUT2D eigenvalue weighted by atomic mass is 16.6. The van der Waals surface area contributed by atoms with Gasteiger partial charge in [0.25, 0.3) is 0 Å². The van der Waals surface area contributed by atoms with Crippen molar-refractivity contribution in [3.8, 4) is 18.0 Å². The SMILES string of the molecule is Oc1nc(OCC2CO2)nc(OCC2CO2)n1. The van der Waals surface area contributed by atoms with Gasteiger partial charge in [-0.25, -0.2) is 0 Å². The second kappa shape index (κ2) is 4.30. The minimum atomic E-state index is -0.432. The number of nitrogens with zero attached hydrogens (tertiary/aromatic N) is 3. The van der Waals surface area contributed by atoms with E-state index in [4.69, 9.17) is 18.9 Å². The van der Waals surface area contributed by atoms with Crippen LogP contribution >= 0.6 is 0 Å². The van der Waals surface area contributed by atoms with Gasteiger partial charge in [0, 0.05) is 0 Å². The summed E-state index contributed by atoms with van der Waals surface area (Å²) in [6.07, 6.45) is 0.191. The Morgan fingerprint density at radius 1 is 1.00 bits per heavy atom. The molecule has 17 heavy (non-hydrogen) atoms. The average molecular weight is 241 g/mol. The minimum absolute atomic E-state index is 0.0275. The van der Waals surface area contributed by atoms with E-state index in [-0.39, 0.29) is 24.2 Å². The molecule has 2 aliphatic rings. The first-order chi connectivity index (χ1) is 8.29. The van der Waals surface area contributed by atoms with Crippen molar-refractivity contribution >= 4 is 0 Å². The van der Waals surface area contributed by atoms with Gasteiger partial charge < -0.3 is 24.1 Å². The van der Waals surface area contributed by atoms with Gasteiger partial charge in [-0.15, -0.1) is 15.0 Å². The van der Waals surface area contributed by atoms with Gasteiger partial charge in [0.15, 0.2) is 0 Å². The van der Waals surface area contributed by atoms with Crippen molar-refractivity contribution in [1.29, 1.82) is 0 Å². The van der Waals surface area contributed by atoms with E-state index in [2.05, 4.69) is 15.0 Å². The highest BCUT2D eigenvalue weighted by molar-refractivity contribution is 5.08. The number of ether oxygens (including phenoxy) is 4. The molecule has 1 aromatic heterocycles. The zero-order valence-electron chi connectivity index (χ0n) is 8.90. The fraction of sp³-hybridized carbons (Fsp3) is 0.667. The number of aromatic hydroxyl groups is 1. The molecular formula is C9H11N3O5. The van der Waals surface area contributed by atoms with Crippen molar-refractivity contribution < 1.29 is 24.1 Å². The molecule has 1 aromatic rings. The van der Waals surface area contributed by atoms with Crippen molar-refractivity contribution in [2.24, 2.45) is 0 Å². The summed E-state index contributed by atoms with van der Waals surface area (Å²) in [6, 6.07) is -0.377. The lowest BCUT2D eigenvalue weighted by molar-refractivity contribution is 0.218. The third-order valence-electron chi connectivity index (χ3n) is 2.18. The molecule has 2 aliphatic heterocycles. The highest BCUT2D eigenvalue weighted by Gasteiger charge is 2.25. The molecule has 0 spiro atoms. The van der Waals surface area contributed by atoms with E-state index < -0.39 is 6.01 Å². The Kier molecular flexibility index (Phi) is 2.65. The summed E-state index contributed by atoms with van der Waals surface area (Å²) in [5.41, 5.74) is 0. The fourth-order valence-electron chi connectivity index (χ4n) is 1.12. The van der Waals surface area contributed by atoms with E-state index in [0.29, 0.717) is 26.4 Å². The van der Waals surface area contributed by atoms with E-state index >= 15 is 0 Å². The van der Waals surface area contributed by atoms with E-state index in [1.54, 1.807) is 0 Å². The van der Waals surface area contributed by atoms with Crippen LogP contribution in [-0.2, 0) is 9.47 Å². The first kappa shape index (κ1) is 10.5. The molecule has 92 valence electrons. The number of hydrogen-bond donors (Lipinski definition) is 1. The van der Waals surface area contributed by atoms with Crippen LogP contribution in [0.2, 0.25) is 0 Å². The van der Waals surface area contributed by atoms with Crippen LogP contribution in [0.4, 0.5) is 0 Å². The van der Waals surface area contributed by atoms with E-state index in [9.17, 15) is 5.11 Å². The Morgan fingerprint density at radius 3 is 1.88 bits per heavy atom. The molecular weight excluding hydrogens is 230 g/mol. The van der Waals surface area contributed by atoms with Crippen LogP contribution in [0, 0.1) is 0 Å². The monoisotopic (exact) mass is 241 g/mol. The van der Waals surface area contributed by atoms with Crippen LogP contribution in [0.15, 0.2) is 0 Å². The van der Waals surface area contributed by atoms with Gasteiger partial charge in [-0.3, -0.25) is 0 Å². The number of hydrogen-bond acceptors (Lipinski definition) is 8. The fourth-order valence-corrected chi connectivity index (χ4v) is 1.12. The highest BCUT2D eigenvalue weighted by Crippen LogP contribution is 2.17. The summed E-state index contributed by atoms with van der Waals surface area (Å²) < 4.78 is 20.4. The molecule has 0 aromatic carbocycles. The lowest BCUT2D eigenvalue weighted by Gasteiger charge is -2.05. The second-order valence-electron chi connectivity index (χ2n) is 3.73. The van der Waals surface area contributed by atoms with Crippen LogP contribution < -0.4 is 9.47 Å². The second-order valence-corrected chi connectivity index (χ2v) is 3.73. The van der Waals surface area contributed by atoms with Crippen molar-refractivity contribution in [3.63, 3.8) is 0 Å². The van der Waals surface area contributed by atoms with Gasteiger partial charge in [-0.2, -0.15) is 0 Å². The Hall–Kier alpha value is -1.67. The molecule has 0 bridgehead atoms. The first-order valence-corrected chi connectivity index (χ1v) is 5.23. The number of epoxide rings is 2. The average Bonchev–Trinajstić information content (AvgIpc) is 3.15. The summed E-state index contributed by atoms with van der Waals surface area (Å²) in [5, 5.41) is 9.27. The van der Waals surface area contributed by atoms with Crippen molar-refractivity contribution in [2.75, 3.05) is 26.4 Å². The summed E-state index contributed by atoms with van der Waals surface area (Å²) in [4.78, 5) is 11.1. The Balaban J connectivity index is 1.60. The Labute approximate surface area is 96.5 Å². The lowest BCUT2D eigenvalue weighted by Crippen LogP contribution is -2.10. The number of aromatic nitrogens is 3. The summed E-state index contributed by atoms with van der Waals surface area (Å²) in [7, 11) is 0. The van der Waals surface area contributed by atoms with Gasteiger partial charge in [0.05, 0.1) is 13.2 Å². The summed E-state index contributed by atoms with van der Waals surface area (Å²) in [5.74, 6) is 0. The maximum absolute atomic E-state index is 9.27. The van der Waals surface area contributed by atoms with Crippen molar-refractivity contribution in [1.82, 2.24) is 15.0 Å². The van der Waals surface area contributed by atoms with Gasteiger partial charge in [0.1, 0.15) is 25.4 Å². The van der Waals surface area contributed by atoms with E-state index in [1.165, 1.54) is 0 Å². The molecule has 3 rings (SSSR count). The molecule has 0 amide bonds. The topological polar surface area (TPSA) is 102 Å². The van der Waals surface area contributed by atoms with E-state index in [0.717, 1.165) is 0 Å². The quantitative estimate of drug-likeness (QED) is 0.641. The molecule has 2 atom stereocenters. The first-order valence-electron chi connectivity index (χ1n) is 5.23. The van der Waals surface area contributed by atoms with Gasteiger partial charge in [-0.05, 0) is 0 Å². The van der Waals surface area contributed by atoms with Gasteiger partial charge in [0.2, 0.25) is 0 Å². The maximum atomic E-state index is 9.27. The predicted octanol–water partition coefficient (Wildman–Crippen LogP) is -0.868. The van der Waals surface area contributed by atoms with Crippen LogP contribution in [-0.4, -0.2) is 58.7 Å². The zero-order valence-corrected chi connectivity index (χ0v) is 8.90. The third-order valence-corrected chi connectivity index (χ3v) is 2.18. The Morgan fingerprint density at radius 2 is 1.47 bits per heavy atom. The van der Waals surface area contributed by atoms with Crippen LogP contribution in [0.1, 0.15) is 0 Å². The lowest BCUT2D eigenvalue weighted by atomic mass is 10.5. The molecule has 1 N–H and O–H groups in total. The molecule has 2 fully saturated rings. The molecule has 8 nitrogen and oxygen atoms in total. The summed E-state index contributed by atoms with van der Waals surface area (Å²) >= 11 is 0. The number of rotatable bonds is 6. The summed E-state index contributed by atoms with van der Waals surface area (Å²) in [6.45, 7) is 2.07. The minimum Gasteiger partial charge on any atom is -0.479 e. The van der Waals surface area contributed by atoms with Crippen molar-refractivity contribution in [2.45, 2.75) is 12.2 Å². The maximum Gasteiger partial charge on any atom is 0.325 e. The largest absolute Gasteiger partial charge is 0.479 e. The zero-order chi connectivity index (χ0) is 11.7. The molecule has 8 heteroatoms. The van der Waals surface area contributed by atoms with Crippen LogP contribution in [0.25, 0.3) is 0 Å². The predicted molar refractivity (Wildman–Crippen MR) is 52.0 cm³/mol. The van der Waals surface area contributed by atoms with Crippen LogP contribution in [0.5, 0.6) is 18.0 Å². The normalized spacial score (nSPS) is 25.4. The van der Waals surface area contributed by atoms with Crippen molar-refractivity contribution in [3.05, 3.63) is 0 Å². The Bertz CT molecular complexity index is 373. The molecule has 3 heterocycles. The molecule has 0 saturated carbocycles. The molecule has 0 aliphatic carbocycles. The van der Waals surface area contributed by atoms with Crippen LogP contribution in [0.3, 0.4) is 0 Å². The van der Waals surface area contributed by atoms with Gasteiger partial charge >= 0.3 is 18.0 Å². The standard InChI is InChI=1S/C9H11N3O5/c13-7-10-8(16-3-5-1-14-5)12-9(11-7)17-4-6-2-15-6/h5-6H,1-4H2,(H,10,11,12,13).